The standard InChI is InChI=1S/C5H7N5O/c6-4(11)10(7)5-8-2-1-3-9-5/h1-3H,7H2,(H2,6,11). The molecule has 1 rings (SSSR count). The average Bonchev–Trinajstić information content (AvgIpc) is 2.05. The van der Waals surface area contributed by atoms with E-state index >= 15 is 0 Å². The molecule has 2 amide bonds. The van der Waals surface area contributed by atoms with E-state index in [1.165, 1.54) is 12.4 Å². The van der Waals surface area contributed by atoms with Crippen LogP contribution in [-0.4, -0.2) is 16.0 Å². The number of aromatic nitrogens is 2. The molecule has 0 fully saturated rings. The summed E-state index contributed by atoms with van der Waals surface area (Å²) in [6, 6.07) is 0.814. The molecule has 0 radical (unpaired) electrons. The van der Waals surface area contributed by atoms with Crippen molar-refractivity contribution in [2.24, 2.45) is 11.6 Å². The van der Waals surface area contributed by atoms with Gasteiger partial charge >= 0.3 is 6.03 Å². The van der Waals surface area contributed by atoms with Crippen LogP contribution in [0.3, 0.4) is 0 Å². The van der Waals surface area contributed by atoms with Gasteiger partial charge in [0.2, 0.25) is 5.95 Å². The Bertz CT molecular complexity index is 248. The first-order valence-corrected chi connectivity index (χ1v) is 2.83. The number of hydrogen-bond donors (Lipinski definition) is 2. The number of rotatable bonds is 1. The van der Waals surface area contributed by atoms with Crippen molar-refractivity contribution in [2.45, 2.75) is 0 Å². The first kappa shape index (κ1) is 7.42. The smallest absolute Gasteiger partial charge is 0.336 e. The van der Waals surface area contributed by atoms with Crippen LogP contribution in [0.4, 0.5) is 10.7 Å². The Kier molecular flexibility index (Phi) is 1.98. The molecule has 0 spiro atoms. The van der Waals surface area contributed by atoms with Crippen molar-refractivity contribution in [1.29, 1.82) is 0 Å². The minimum atomic E-state index is -0.795. The SMILES string of the molecule is NC(=O)N(N)c1ncccn1. The van der Waals surface area contributed by atoms with Gasteiger partial charge in [-0.1, -0.05) is 0 Å². The maximum Gasteiger partial charge on any atom is 0.336 e. The number of anilines is 1. The quantitative estimate of drug-likeness (QED) is 0.314. The monoisotopic (exact) mass is 153 g/mol. The van der Waals surface area contributed by atoms with E-state index < -0.39 is 6.03 Å². The minimum absolute atomic E-state index is 0.0833. The van der Waals surface area contributed by atoms with E-state index in [4.69, 9.17) is 11.6 Å². The van der Waals surface area contributed by atoms with Gasteiger partial charge in [0.1, 0.15) is 0 Å². The zero-order chi connectivity index (χ0) is 8.27. The summed E-state index contributed by atoms with van der Waals surface area (Å²) in [4.78, 5) is 17.8. The van der Waals surface area contributed by atoms with Crippen LogP contribution in [0.1, 0.15) is 0 Å². The Balaban J connectivity index is 2.85. The molecular weight excluding hydrogens is 146 g/mol. The second-order valence-electron chi connectivity index (χ2n) is 1.76. The van der Waals surface area contributed by atoms with Crippen LogP contribution >= 0.6 is 0 Å². The second kappa shape index (κ2) is 2.93. The van der Waals surface area contributed by atoms with Gasteiger partial charge < -0.3 is 5.73 Å². The fraction of sp³-hybridized carbons (Fsp3) is 0. The first-order valence-electron chi connectivity index (χ1n) is 2.83. The second-order valence-corrected chi connectivity index (χ2v) is 1.76. The Morgan fingerprint density at radius 2 is 2.00 bits per heavy atom. The number of amides is 2. The number of primary amides is 1. The summed E-state index contributed by atoms with van der Waals surface area (Å²) in [5, 5.41) is 0.667. The number of hydrogen-bond acceptors (Lipinski definition) is 4. The summed E-state index contributed by atoms with van der Waals surface area (Å²) in [5.41, 5.74) is 4.85. The van der Waals surface area contributed by atoms with Crippen molar-refractivity contribution < 1.29 is 4.79 Å². The van der Waals surface area contributed by atoms with Crippen LogP contribution in [0.15, 0.2) is 18.5 Å². The highest BCUT2D eigenvalue weighted by Crippen LogP contribution is 1.97. The molecule has 1 aromatic rings. The van der Waals surface area contributed by atoms with Crippen molar-refractivity contribution in [3.63, 3.8) is 0 Å². The molecule has 1 aromatic heterocycles. The Hall–Kier alpha value is -1.69. The molecule has 0 aliphatic carbocycles. The fourth-order valence-electron chi connectivity index (χ4n) is 0.514. The summed E-state index contributed by atoms with van der Waals surface area (Å²) in [5.74, 6) is 5.25. The zero-order valence-corrected chi connectivity index (χ0v) is 5.64. The van der Waals surface area contributed by atoms with Crippen molar-refractivity contribution >= 4 is 12.0 Å². The molecule has 11 heavy (non-hydrogen) atoms. The number of nitrogens with zero attached hydrogens (tertiary/aromatic N) is 3. The molecule has 0 unspecified atom stereocenters. The Morgan fingerprint density at radius 1 is 1.45 bits per heavy atom. The topological polar surface area (TPSA) is 98.1 Å². The summed E-state index contributed by atoms with van der Waals surface area (Å²) >= 11 is 0. The van der Waals surface area contributed by atoms with E-state index in [0.717, 1.165) is 0 Å². The maximum atomic E-state index is 10.4. The number of hydrazine groups is 1. The third kappa shape index (κ3) is 1.62. The molecule has 0 saturated carbocycles. The van der Waals surface area contributed by atoms with Crippen molar-refractivity contribution in [3.05, 3.63) is 18.5 Å². The van der Waals surface area contributed by atoms with Crippen LogP contribution in [-0.2, 0) is 0 Å². The third-order valence-corrected chi connectivity index (χ3v) is 1.01. The number of carbonyl (C=O) groups is 1. The van der Waals surface area contributed by atoms with Gasteiger partial charge in [-0.3, -0.25) is 0 Å². The maximum absolute atomic E-state index is 10.4. The molecule has 58 valence electrons. The van der Waals surface area contributed by atoms with Gasteiger partial charge in [-0.2, -0.15) is 5.01 Å². The van der Waals surface area contributed by atoms with Gasteiger partial charge in [0.15, 0.2) is 0 Å². The summed E-state index contributed by atoms with van der Waals surface area (Å²) in [6.45, 7) is 0. The number of nitrogens with two attached hydrogens (primary N) is 2. The molecule has 6 nitrogen and oxygen atoms in total. The normalized spacial score (nSPS) is 9.18. The Morgan fingerprint density at radius 3 is 2.45 bits per heavy atom. The number of carbonyl (C=O) groups excluding carboxylic acids is 1. The first-order chi connectivity index (χ1) is 5.22. The molecule has 4 N–H and O–H groups in total. The van der Waals surface area contributed by atoms with Crippen LogP contribution in [0.2, 0.25) is 0 Å². The average molecular weight is 153 g/mol. The molecule has 0 atom stereocenters. The van der Waals surface area contributed by atoms with Gasteiger partial charge in [-0.15, -0.1) is 0 Å². The highest BCUT2D eigenvalue weighted by Gasteiger charge is 2.07. The largest absolute Gasteiger partial charge is 0.350 e. The predicted molar refractivity (Wildman–Crippen MR) is 38.3 cm³/mol. The van der Waals surface area contributed by atoms with Crippen LogP contribution in [0, 0.1) is 0 Å². The summed E-state index contributed by atoms with van der Waals surface area (Å²) < 4.78 is 0. The van der Waals surface area contributed by atoms with Crippen LogP contribution in [0.5, 0.6) is 0 Å². The summed E-state index contributed by atoms with van der Waals surface area (Å²) in [6.07, 6.45) is 2.93. The zero-order valence-electron chi connectivity index (χ0n) is 5.64. The lowest BCUT2D eigenvalue weighted by Crippen LogP contribution is -2.42. The molecule has 1 heterocycles. The van der Waals surface area contributed by atoms with Gasteiger partial charge in [0.25, 0.3) is 0 Å². The van der Waals surface area contributed by atoms with E-state index in [0.29, 0.717) is 5.01 Å². The van der Waals surface area contributed by atoms with Crippen LogP contribution < -0.4 is 16.6 Å². The lowest BCUT2D eigenvalue weighted by molar-refractivity contribution is 0.253. The molecule has 0 aromatic carbocycles. The van der Waals surface area contributed by atoms with E-state index in [1.807, 2.05) is 0 Å². The highest BCUT2D eigenvalue weighted by atomic mass is 16.2. The van der Waals surface area contributed by atoms with Crippen molar-refractivity contribution in [2.75, 3.05) is 5.01 Å². The summed E-state index contributed by atoms with van der Waals surface area (Å²) in [7, 11) is 0. The number of urea groups is 1. The lowest BCUT2D eigenvalue weighted by Gasteiger charge is -2.09. The molecule has 0 aliphatic heterocycles. The molecule has 0 saturated heterocycles. The van der Waals surface area contributed by atoms with Gasteiger partial charge in [-0.05, 0) is 6.07 Å². The van der Waals surface area contributed by atoms with Gasteiger partial charge in [0.05, 0.1) is 0 Å². The van der Waals surface area contributed by atoms with Crippen molar-refractivity contribution in [3.8, 4) is 0 Å². The van der Waals surface area contributed by atoms with Gasteiger partial charge in [-0.25, -0.2) is 20.6 Å². The van der Waals surface area contributed by atoms with E-state index in [-0.39, 0.29) is 5.95 Å². The third-order valence-electron chi connectivity index (χ3n) is 1.01. The van der Waals surface area contributed by atoms with E-state index in [9.17, 15) is 4.79 Å². The highest BCUT2D eigenvalue weighted by molar-refractivity contribution is 5.87. The van der Waals surface area contributed by atoms with E-state index in [2.05, 4.69) is 9.97 Å². The van der Waals surface area contributed by atoms with Crippen LogP contribution in [0.25, 0.3) is 0 Å². The fourth-order valence-corrected chi connectivity index (χ4v) is 0.514. The lowest BCUT2D eigenvalue weighted by atomic mass is 10.7. The minimum Gasteiger partial charge on any atom is -0.350 e. The molecule has 0 aliphatic rings. The Labute approximate surface area is 62.8 Å². The molecule has 6 heteroatoms. The molecule has 0 bridgehead atoms. The predicted octanol–water partition coefficient (Wildman–Crippen LogP) is -0.765. The van der Waals surface area contributed by atoms with E-state index in [1.54, 1.807) is 6.07 Å². The van der Waals surface area contributed by atoms with Crippen molar-refractivity contribution in [1.82, 2.24) is 9.97 Å². The molecular formula is C5H7N5O. The van der Waals surface area contributed by atoms with Gasteiger partial charge in [0, 0.05) is 12.4 Å².